The average molecular weight is 294 g/mol. The Morgan fingerprint density at radius 2 is 0.429 bits per heavy atom. The summed E-state index contributed by atoms with van der Waals surface area (Å²) in [6, 6.07) is 0. The fraction of sp³-hybridized carbons (Fsp3) is 0. The van der Waals surface area contributed by atoms with Crippen LogP contribution >= 0.6 is 0 Å². The smallest absolute Gasteiger partial charge is 0 e. The van der Waals surface area contributed by atoms with Gasteiger partial charge in [-0.25, -0.2) is 0 Å². The first-order valence-corrected chi connectivity index (χ1v) is 0. The van der Waals surface area contributed by atoms with E-state index in [0.29, 0.717) is 0 Å². The maximum absolute atomic E-state index is 0. The van der Waals surface area contributed by atoms with Gasteiger partial charge in [0.25, 0.3) is 0 Å². The molecule has 0 spiro atoms. The van der Waals surface area contributed by atoms with Crippen LogP contribution in [0.15, 0.2) is 0 Å². The molecule has 0 amide bonds. The van der Waals surface area contributed by atoms with Crippen LogP contribution in [0, 0.1) is 0 Å². The van der Waals surface area contributed by atoms with Gasteiger partial charge in [0.2, 0.25) is 0 Å². The molecule has 44 valence electrons. The van der Waals surface area contributed by atoms with Crippen molar-refractivity contribution in [2.75, 3.05) is 0 Å². The second-order valence-electron chi connectivity index (χ2n) is 0. The molecule has 0 rings (SSSR count). The van der Waals surface area contributed by atoms with E-state index in [2.05, 4.69) is 0 Å². The Balaban J connectivity index is 0. The first-order valence-electron chi connectivity index (χ1n) is 0. The summed E-state index contributed by atoms with van der Waals surface area (Å²) in [7, 11) is 0. The molecule has 0 heterocycles. The summed E-state index contributed by atoms with van der Waals surface area (Å²) >= 11 is 0. The van der Waals surface area contributed by atoms with Gasteiger partial charge in [-0.15, -0.1) is 0 Å². The summed E-state index contributed by atoms with van der Waals surface area (Å²) in [5, 5.41) is 0. The Labute approximate surface area is 127 Å². The van der Waals surface area contributed by atoms with Crippen molar-refractivity contribution in [1.29, 1.82) is 0 Å². The van der Waals surface area contributed by atoms with Crippen molar-refractivity contribution < 1.29 is 70.1 Å². The predicted octanol–water partition coefficient (Wildman–Crippen LogP) is -12.7. The summed E-state index contributed by atoms with van der Waals surface area (Å²) in [4.78, 5) is 0. The molecule has 2 radical (unpaired) electrons. The van der Waals surface area contributed by atoms with Crippen molar-refractivity contribution in [2.45, 2.75) is 0 Å². The molecule has 0 aromatic heterocycles. The minimum Gasteiger partial charge on any atom is -1.00 e. The monoisotopic (exact) mass is 292 g/mol. The Morgan fingerprint density at radius 1 is 0.429 bits per heavy atom. The predicted molar refractivity (Wildman–Crippen MR) is 11.5 cm³/mol. The van der Waals surface area contributed by atoms with Crippen LogP contribution in [0.25, 0.3) is 0 Å². The van der Waals surface area contributed by atoms with Gasteiger partial charge in [0, 0.05) is 79.5 Å². The second kappa shape index (κ2) is 52.3. The zero-order chi connectivity index (χ0) is 0. The standard InChI is InChI=1S/4ClH.2Na.Pd/h4*1H;;;/p-4. The molecular formula is Cl4Na2Pd-4. The van der Waals surface area contributed by atoms with Crippen molar-refractivity contribution in [3.05, 3.63) is 0 Å². The largest absolute Gasteiger partial charge is 1.00 e. The maximum atomic E-state index is 0. The van der Waals surface area contributed by atoms with Crippen LogP contribution < -0.4 is 49.6 Å². The fourth-order valence-electron chi connectivity index (χ4n) is 0. The van der Waals surface area contributed by atoms with E-state index in [1.807, 2.05) is 0 Å². The number of halogens is 4. The molecule has 0 fully saturated rings. The Hall–Kier alpha value is 3.82. The van der Waals surface area contributed by atoms with E-state index in [4.69, 9.17) is 0 Å². The summed E-state index contributed by atoms with van der Waals surface area (Å²) in [5.41, 5.74) is 0. The van der Waals surface area contributed by atoms with Gasteiger partial charge in [-0.05, 0) is 0 Å². The zero-order valence-corrected chi connectivity index (χ0v) is 12.4. The molecule has 7 heavy (non-hydrogen) atoms. The first-order chi connectivity index (χ1) is 0. The summed E-state index contributed by atoms with van der Waals surface area (Å²) < 4.78 is 0. The summed E-state index contributed by atoms with van der Waals surface area (Å²) in [6.45, 7) is 0. The van der Waals surface area contributed by atoms with Gasteiger partial charge in [-0.2, -0.15) is 0 Å². The molecule has 0 nitrogen and oxygen atoms in total. The molecule has 0 aliphatic heterocycles. The van der Waals surface area contributed by atoms with Gasteiger partial charge in [0.15, 0.2) is 0 Å². The minimum absolute atomic E-state index is 0. The number of hydrogen-bond donors (Lipinski definition) is 0. The molecule has 0 atom stereocenters. The quantitative estimate of drug-likeness (QED) is 0.389. The van der Waals surface area contributed by atoms with Crippen molar-refractivity contribution in [1.82, 2.24) is 0 Å². The third kappa shape index (κ3) is 41.1. The maximum Gasteiger partial charge on any atom is 0 e. The van der Waals surface area contributed by atoms with Crippen molar-refractivity contribution in [3.8, 4) is 0 Å². The third-order valence-corrected chi connectivity index (χ3v) is 0. The van der Waals surface area contributed by atoms with Crippen LogP contribution in [-0.2, 0) is 20.4 Å². The van der Waals surface area contributed by atoms with Crippen molar-refractivity contribution in [3.63, 3.8) is 0 Å². The van der Waals surface area contributed by atoms with Crippen LogP contribution in [0.3, 0.4) is 0 Å². The topological polar surface area (TPSA) is 0 Å². The van der Waals surface area contributed by atoms with Gasteiger partial charge in [-0.1, -0.05) is 0 Å². The van der Waals surface area contributed by atoms with E-state index >= 15 is 0 Å². The molecular weight excluding hydrogens is 294 g/mol. The molecule has 0 N–H and O–H groups in total. The van der Waals surface area contributed by atoms with E-state index in [-0.39, 0.29) is 129 Å². The van der Waals surface area contributed by atoms with E-state index in [0.717, 1.165) is 0 Å². The molecule has 0 aliphatic carbocycles. The van der Waals surface area contributed by atoms with Gasteiger partial charge in [0.1, 0.15) is 0 Å². The molecule has 0 aliphatic rings. The zero-order valence-electron chi connectivity index (χ0n) is 3.83. The van der Waals surface area contributed by atoms with Gasteiger partial charge < -0.3 is 49.6 Å². The third-order valence-electron chi connectivity index (χ3n) is 0. The van der Waals surface area contributed by atoms with Gasteiger partial charge >= 0.3 is 0 Å². The van der Waals surface area contributed by atoms with Crippen LogP contribution in [0.2, 0.25) is 0 Å². The molecule has 0 saturated carbocycles. The Morgan fingerprint density at radius 3 is 0.429 bits per heavy atom. The van der Waals surface area contributed by atoms with Crippen LogP contribution in [-0.4, -0.2) is 59.1 Å². The van der Waals surface area contributed by atoms with E-state index in [1.54, 1.807) is 0 Å². The van der Waals surface area contributed by atoms with Crippen LogP contribution in [0.1, 0.15) is 0 Å². The Bertz CT molecular complexity index is 9.65. The molecule has 0 aromatic carbocycles. The molecule has 0 bridgehead atoms. The fourth-order valence-corrected chi connectivity index (χ4v) is 0. The van der Waals surface area contributed by atoms with E-state index in [9.17, 15) is 0 Å². The normalized spacial score (nSPS) is 0. The van der Waals surface area contributed by atoms with Gasteiger partial charge in [-0.3, -0.25) is 0 Å². The Kier molecular flexibility index (Phi) is 534. The second-order valence-corrected chi connectivity index (χ2v) is 0. The first kappa shape index (κ1) is 71.5. The number of rotatable bonds is 0. The van der Waals surface area contributed by atoms with Crippen LogP contribution in [0.4, 0.5) is 0 Å². The van der Waals surface area contributed by atoms with E-state index < -0.39 is 0 Å². The van der Waals surface area contributed by atoms with Crippen LogP contribution in [0.5, 0.6) is 0 Å². The summed E-state index contributed by atoms with van der Waals surface area (Å²) in [6.07, 6.45) is 0. The van der Waals surface area contributed by atoms with Crippen molar-refractivity contribution >= 4 is 59.1 Å². The van der Waals surface area contributed by atoms with E-state index in [1.165, 1.54) is 0 Å². The SMILES string of the molecule is [Cl-].[Cl-].[Cl-].[Cl-].[Na].[Na].[Pd]. The molecule has 0 saturated heterocycles. The van der Waals surface area contributed by atoms with Gasteiger partial charge in [0.05, 0.1) is 0 Å². The van der Waals surface area contributed by atoms with Crippen molar-refractivity contribution in [2.24, 2.45) is 0 Å². The molecule has 7 heteroatoms. The number of hydrogen-bond acceptors (Lipinski definition) is 0. The molecule has 0 aromatic rings. The minimum atomic E-state index is 0. The summed E-state index contributed by atoms with van der Waals surface area (Å²) in [5.74, 6) is 0. The average Bonchev–Trinajstić information content (AvgIpc) is 0. The molecule has 0 unspecified atom stereocenters.